The number of Topliss-reactive ketones (excluding diaryl/α,β-unsaturated/α-hetero) is 1. The van der Waals surface area contributed by atoms with Crippen molar-refractivity contribution in [1.29, 1.82) is 0 Å². The Bertz CT molecular complexity index is 939. The zero-order chi connectivity index (χ0) is 18.5. The van der Waals surface area contributed by atoms with E-state index in [0.29, 0.717) is 11.3 Å². The van der Waals surface area contributed by atoms with Crippen LogP contribution in [0.3, 0.4) is 0 Å². The number of fused-ring (bicyclic) bond motifs is 1. The fourth-order valence-electron chi connectivity index (χ4n) is 3.02. The zero-order valence-electron chi connectivity index (χ0n) is 15.1. The molecule has 0 aliphatic heterocycles. The van der Waals surface area contributed by atoms with E-state index in [9.17, 15) is 9.59 Å². The number of rotatable bonds is 6. The molecule has 0 spiro atoms. The van der Waals surface area contributed by atoms with Crippen LogP contribution in [0.15, 0.2) is 60.7 Å². The Labute approximate surface area is 153 Å². The second-order valence-corrected chi connectivity index (χ2v) is 6.37. The minimum atomic E-state index is -0.390. The Balaban J connectivity index is 1.65. The molecule has 0 radical (unpaired) electrons. The Morgan fingerprint density at radius 2 is 1.54 bits per heavy atom. The lowest BCUT2D eigenvalue weighted by molar-refractivity contribution is -0.134. The van der Waals surface area contributed by atoms with Crippen LogP contribution in [-0.2, 0) is 11.2 Å². The Hall–Kier alpha value is -2.94. The van der Waals surface area contributed by atoms with Crippen LogP contribution >= 0.6 is 0 Å². The molecular weight excluding hydrogens is 324 g/mol. The molecule has 132 valence electrons. The van der Waals surface area contributed by atoms with E-state index < -0.39 is 0 Å². The monoisotopic (exact) mass is 346 g/mol. The van der Waals surface area contributed by atoms with Crippen LogP contribution in [0.4, 0.5) is 0 Å². The largest absolute Gasteiger partial charge is 0.427 e. The van der Waals surface area contributed by atoms with E-state index in [1.807, 2.05) is 55.5 Å². The molecule has 0 saturated carbocycles. The van der Waals surface area contributed by atoms with Gasteiger partial charge in [0.2, 0.25) is 0 Å². The number of aryl methyl sites for hydroxylation is 2. The molecule has 0 aliphatic rings. The molecule has 0 unspecified atom stereocenters. The number of carbonyl (C=O) groups is 2. The van der Waals surface area contributed by atoms with E-state index in [-0.39, 0.29) is 24.6 Å². The fourth-order valence-corrected chi connectivity index (χ4v) is 3.02. The normalized spacial score (nSPS) is 10.7. The molecule has 0 aliphatic carbocycles. The van der Waals surface area contributed by atoms with Gasteiger partial charge >= 0.3 is 5.97 Å². The Kier molecular flexibility index (Phi) is 5.47. The van der Waals surface area contributed by atoms with Crippen molar-refractivity contribution >= 4 is 22.5 Å². The van der Waals surface area contributed by atoms with E-state index in [1.54, 1.807) is 12.1 Å². The average Bonchev–Trinajstić information content (AvgIpc) is 2.67. The fraction of sp³-hybridized carbons (Fsp3) is 0.217. The van der Waals surface area contributed by atoms with Crippen molar-refractivity contribution in [3.63, 3.8) is 0 Å². The van der Waals surface area contributed by atoms with Gasteiger partial charge in [0, 0.05) is 12.0 Å². The van der Waals surface area contributed by atoms with Gasteiger partial charge in [-0.3, -0.25) is 9.59 Å². The van der Waals surface area contributed by atoms with E-state index in [1.165, 1.54) is 5.56 Å². The zero-order valence-corrected chi connectivity index (χ0v) is 15.1. The highest BCUT2D eigenvalue weighted by molar-refractivity contribution is 6.09. The highest BCUT2D eigenvalue weighted by atomic mass is 16.5. The first-order valence-electron chi connectivity index (χ1n) is 8.89. The van der Waals surface area contributed by atoms with Crippen LogP contribution in [0.2, 0.25) is 0 Å². The van der Waals surface area contributed by atoms with Crippen molar-refractivity contribution in [2.45, 2.75) is 33.1 Å². The number of ether oxygens (including phenoxy) is 1. The Morgan fingerprint density at radius 1 is 0.846 bits per heavy atom. The maximum atomic E-state index is 12.6. The summed E-state index contributed by atoms with van der Waals surface area (Å²) in [6, 6.07) is 19.1. The van der Waals surface area contributed by atoms with E-state index in [2.05, 4.69) is 6.92 Å². The smallest absolute Gasteiger partial charge is 0.311 e. The summed E-state index contributed by atoms with van der Waals surface area (Å²) in [5.74, 6) is 0.0823. The van der Waals surface area contributed by atoms with E-state index >= 15 is 0 Å². The number of carbonyl (C=O) groups excluding carboxylic acids is 2. The van der Waals surface area contributed by atoms with Gasteiger partial charge in [-0.15, -0.1) is 0 Å². The maximum Gasteiger partial charge on any atom is 0.311 e. The van der Waals surface area contributed by atoms with Gasteiger partial charge in [0.05, 0.1) is 6.42 Å². The Morgan fingerprint density at radius 3 is 2.23 bits per heavy atom. The van der Waals surface area contributed by atoms with Crippen LogP contribution < -0.4 is 4.74 Å². The molecule has 0 atom stereocenters. The molecule has 0 bridgehead atoms. The van der Waals surface area contributed by atoms with Gasteiger partial charge in [-0.2, -0.15) is 0 Å². The van der Waals surface area contributed by atoms with Gasteiger partial charge in [0.1, 0.15) is 5.75 Å². The molecule has 3 nitrogen and oxygen atoms in total. The molecular formula is C23H22O3. The topological polar surface area (TPSA) is 43.4 Å². The summed E-state index contributed by atoms with van der Waals surface area (Å²) in [6.45, 7) is 4.10. The number of benzene rings is 3. The van der Waals surface area contributed by atoms with E-state index in [4.69, 9.17) is 4.74 Å². The molecule has 26 heavy (non-hydrogen) atoms. The highest BCUT2D eigenvalue weighted by Crippen LogP contribution is 2.24. The van der Waals surface area contributed by atoms with Gasteiger partial charge in [0.25, 0.3) is 0 Å². The van der Waals surface area contributed by atoms with Gasteiger partial charge in [-0.05, 0) is 47.4 Å². The minimum Gasteiger partial charge on any atom is -0.427 e. The molecule has 0 amide bonds. The van der Waals surface area contributed by atoms with Gasteiger partial charge < -0.3 is 4.74 Å². The average molecular weight is 346 g/mol. The number of ketones is 1. The first kappa shape index (κ1) is 17.9. The second-order valence-electron chi connectivity index (χ2n) is 6.37. The molecule has 3 heteroatoms. The molecule has 3 rings (SSSR count). The number of hydrogen-bond donors (Lipinski definition) is 0. The van der Waals surface area contributed by atoms with Gasteiger partial charge in [-0.25, -0.2) is 0 Å². The summed E-state index contributed by atoms with van der Waals surface area (Å²) in [6.07, 6.45) is 1.14. The quantitative estimate of drug-likeness (QED) is 0.346. The highest BCUT2D eigenvalue weighted by Gasteiger charge is 2.14. The van der Waals surface area contributed by atoms with Crippen molar-refractivity contribution in [3.8, 4) is 5.75 Å². The summed E-state index contributed by atoms with van der Waals surface area (Å²) in [5.41, 5.74) is 2.98. The SMILES string of the molecule is CCc1ccc(OC(=O)CCC(=O)c2ccc(C)c3ccccc23)cc1. The predicted octanol–water partition coefficient (Wildman–Crippen LogP) is 5.28. The third-order valence-electron chi connectivity index (χ3n) is 4.56. The van der Waals surface area contributed by atoms with Crippen LogP contribution in [0.1, 0.15) is 41.3 Å². The molecule has 3 aromatic carbocycles. The third-order valence-corrected chi connectivity index (χ3v) is 4.56. The van der Waals surface area contributed by atoms with Crippen LogP contribution in [0.25, 0.3) is 10.8 Å². The standard InChI is InChI=1S/C23H22O3/c1-3-17-9-11-18(12-10-17)26-23(25)15-14-22(24)21-13-8-16(2)19-6-4-5-7-20(19)21/h4-13H,3,14-15H2,1-2H3. The summed E-state index contributed by atoms with van der Waals surface area (Å²) >= 11 is 0. The van der Waals surface area contributed by atoms with Gasteiger partial charge in [0.15, 0.2) is 5.78 Å². The van der Waals surface area contributed by atoms with Crippen molar-refractivity contribution < 1.29 is 14.3 Å². The first-order valence-corrected chi connectivity index (χ1v) is 8.89. The summed E-state index contributed by atoms with van der Waals surface area (Å²) in [4.78, 5) is 24.6. The van der Waals surface area contributed by atoms with Crippen LogP contribution in [0.5, 0.6) is 5.75 Å². The molecule has 0 saturated heterocycles. The van der Waals surface area contributed by atoms with Crippen molar-refractivity contribution in [2.75, 3.05) is 0 Å². The van der Waals surface area contributed by atoms with E-state index in [0.717, 1.165) is 22.8 Å². The van der Waals surface area contributed by atoms with Crippen LogP contribution in [-0.4, -0.2) is 11.8 Å². The molecule has 0 heterocycles. The third kappa shape index (κ3) is 3.99. The number of esters is 1. The molecule has 0 N–H and O–H groups in total. The van der Waals surface area contributed by atoms with Crippen molar-refractivity contribution in [2.24, 2.45) is 0 Å². The lowest BCUT2D eigenvalue weighted by Gasteiger charge is -2.08. The summed E-state index contributed by atoms with van der Waals surface area (Å²) in [7, 11) is 0. The van der Waals surface area contributed by atoms with Gasteiger partial charge in [-0.1, -0.05) is 55.5 Å². The number of hydrogen-bond acceptors (Lipinski definition) is 3. The predicted molar refractivity (Wildman–Crippen MR) is 104 cm³/mol. The molecule has 0 fully saturated rings. The summed E-state index contributed by atoms with van der Waals surface area (Å²) in [5, 5.41) is 2.00. The lowest BCUT2D eigenvalue weighted by atomic mass is 9.96. The minimum absolute atomic E-state index is 0.0421. The molecule has 0 aromatic heterocycles. The maximum absolute atomic E-state index is 12.6. The molecule has 3 aromatic rings. The first-order chi connectivity index (χ1) is 12.6. The summed E-state index contributed by atoms with van der Waals surface area (Å²) < 4.78 is 5.32. The van der Waals surface area contributed by atoms with Crippen LogP contribution in [0, 0.1) is 6.92 Å². The van der Waals surface area contributed by atoms with Crippen molar-refractivity contribution in [3.05, 3.63) is 77.4 Å². The van der Waals surface area contributed by atoms with Crippen molar-refractivity contribution in [1.82, 2.24) is 0 Å². The lowest BCUT2D eigenvalue weighted by Crippen LogP contribution is -2.11. The second kappa shape index (κ2) is 7.96.